The van der Waals surface area contributed by atoms with Gasteiger partial charge in [-0.25, -0.2) is 0 Å². The van der Waals surface area contributed by atoms with E-state index in [1.165, 1.54) is 0 Å². The van der Waals surface area contributed by atoms with Crippen molar-refractivity contribution in [2.45, 2.75) is 32.4 Å². The number of aryl methyl sites for hydroxylation is 1. The number of benzene rings is 1. The van der Waals surface area contributed by atoms with Crippen molar-refractivity contribution in [2.75, 3.05) is 33.3 Å². The maximum atomic E-state index is 10.1. The van der Waals surface area contributed by atoms with Gasteiger partial charge in [-0.05, 0) is 44.5 Å². The molecule has 4 nitrogen and oxygen atoms in total. The second-order valence-corrected chi connectivity index (χ2v) is 6.27. The summed E-state index contributed by atoms with van der Waals surface area (Å²) >= 11 is 0. The molecule has 1 aromatic rings. The van der Waals surface area contributed by atoms with Crippen LogP contribution in [0.15, 0.2) is 24.3 Å². The molecule has 1 aliphatic rings. The van der Waals surface area contributed by atoms with Crippen molar-refractivity contribution in [3.05, 3.63) is 29.8 Å². The van der Waals surface area contributed by atoms with Crippen molar-refractivity contribution < 1.29 is 9.84 Å². The van der Waals surface area contributed by atoms with E-state index in [4.69, 9.17) is 4.74 Å². The monoisotopic (exact) mass is 292 g/mol. The lowest BCUT2D eigenvalue weighted by molar-refractivity contribution is 0.0930. The predicted octanol–water partition coefficient (Wildman–Crippen LogP) is 1.66. The van der Waals surface area contributed by atoms with Gasteiger partial charge in [0.2, 0.25) is 0 Å². The Hall–Kier alpha value is -1.10. The SMILES string of the molecule is Cc1ccccc1OCC(O)CNC1CCN(C)CC1C. The Kier molecular flexibility index (Phi) is 6.03. The van der Waals surface area contributed by atoms with Crippen molar-refractivity contribution in [3.8, 4) is 5.75 Å². The van der Waals surface area contributed by atoms with Crippen LogP contribution in [0.1, 0.15) is 18.9 Å². The third kappa shape index (κ3) is 4.99. The molecule has 2 N–H and O–H groups in total. The molecule has 0 saturated carbocycles. The maximum absolute atomic E-state index is 10.1. The molecular formula is C17H28N2O2. The van der Waals surface area contributed by atoms with Crippen LogP contribution in [0.3, 0.4) is 0 Å². The molecule has 118 valence electrons. The highest BCUT2D eigenvalue weighted by atomic mass is 16.5. The van der Waals surface area contributed by atoms with E-state index in [9.17, 15) is 5.11 Å². The summed E-state index contributed by atoms with van der Waals surface area (Å²) < 4.78 is 5.68. The van der Waals surface area contributed by atoms with Crippen LogP contribution in [0.5, 0.6) is 5.75 Å². The third-order valence-electron chi connectivity index (χ3n) is 4.25. The highest BCUT2D eigenvalue weighted by Crippen LogP contribution is 2.17. The summed E-state index contributed by atoms with van der Waals surface area (Å²) in [7, 11) is 2.16. The second-order valence-electron chi connectivity index (χ2n) is 6.27. The first-order valence-electron chi connectivity index (χ1n) is 7.84. The standard InChI is InChI=1S/C17H28N2O2/c1-13-6-4-5-7-17(13)21-12-15(20)10-18-16-8-9-19(3)11-14(16)2/h4-7,14-16,18,20H,8-12H2,1-3H3. The fraction of sp³-hybridized carbons (Fsp3) is 0.647. The first kappa shape index (κ1) is 16.3. The van der Waals surface area contributed by atoms with E-state index >= 15 is 0 Å². The van der Waals surface area contributed by atoms with E-state index in [0.717, 1.165) is 30.8 Å². The minimum absolute atomic E-state index is 0.332. The Labute approximate surface area is 128 Å². The summed E-state index contributed by atoms with van der Waals surface area (Å²) in [6, 6.07) is 8.39. The summed E-state index contributed by atoms with van der Waals surface area (Å²) in [5, 5.41) is 13.6. The summed E-state index contributed by atoms with van der Waals surface area (Å²) in [5.41, 5.74) is 1.10. The molecule has 0 spiro atoms. The fourth-order valence-electron chi connectivity index (χ4n) is 2.91. The van der Waals surface area contributed by atoms with Crippen LogP contribution in [-0.2, 0) is 0 Å². The second kappa shape index (κ2) is 7.78. The van der Waals surface area contributed by atoms with Gasteiger partial charge in [0.15, 0.2) is 0 Å². The van der Waals surface area contributed by atoms with Crippen LogP contribution in [-0.4, -0.2) is 55.4 Å². The van der Waals surface area contributed by atoms with Crippen molar-refractivity contribution >= 4 is 0 Å². The Bertz CT molecular complexity index is 439. The van der Waals surface area contributed by atoms with Crippen LogP contribution >= 0.6 is 0 Å². The van der Waals surface area contributed by atoms with Crippen LogP contribution in [0.4, 0.5) is 0 Å². The number of likely N-dealkylation sites (tertiary alicyclic amines) is 1. The van der Waals surface area contributed by atoms with Gasteiger partial charge in [0, 0.05) is 19.1 Å². The number of ether oxygens (including phenoxy) is 1. The van der Waals surface area contributed by atoms with E-state index < -0.39 is 6.10 Å². The zero-order valence-electron chi connectivity index (χ0n) is 13.4. The number of para-hydroxylation sites is 1. The van der Waals surface area contributed by atoms with E-state index in [0.29, 0.717) is 25.1 Å². The smallest absolute Gasteiger partial charge is 0.122 e. The van der Waals surface area contributed by atoms with E-state index in [2.05, 4.69) is 24.2 Å². The molecule has 0 bridgehead atoms. The molecule has 1 aromatic carbocycles. The molecule has 0 radical (unpaired) electrons. The number of aliphatic hydroxyl groups is 1. The van der Waals surface area contributed by atoms with Crippen LogP contribution in [0, 0.1) is 12.8 Å². The average molecular weight is 292 g/mol. The Morgan fingerprint density at radius 1 is 1.43 bits per heavy atom. The number of nitrogens with zero attached hydrogens (tertiary/aromatic N) is 1. The van der Waals surface area contributed by atoms with Crippen LogP contribution in [0.2, 0.25) is 0 Å². The average Bonchev–Trinajstić information content (AvgIpc) is 2.45. The molecule has 1 aliphatic heterocycles. The first-order chi connectivity index (χ1) is 10.1. The molecule has 1 fully saturated rings. The summed E-state index contributed by atoms with van der Waals surface area (Å²) in [5.74, 6) is 1.47. The van der Waals surface area contributed by atoms with Crippen molar-refractivity contribution in [2.24, 2.45) is 5.92 Å². The molecule has 4 heteroatoms. The van der Waals surface area contributed by atoms with Crippen LogP contribution in [0.25, 0.3) is 0 Å². The van der Waals surface area contributed by atoms with Gasteiger partial charge < -0.3 is 20.1 Å². The maximum Gasteiger partial charge on any atom is 0.122 e. The van der Waals surface area contributed by atoms with Gasteiger partial charge in [-0.1, -0.05) is 25.1 Å². The van der Waals surface area contributed by atoms with E-state index in [-0.39, 0.29) is 0 Å². The quantitative estimate of drug-likeness (QED) is 0.837. The minimum atomic E-state index is -0.475. The van der Waals surface area contributed by atoms with Crippen molar-refractivity contribution in [1.82, 2.24) is 10.2 Å². The molecule has 3 atom stereocenters. The van der Waals surface area contributed by atoms with Gasteiger partial charge in [-0.3, -0.25) is 0 Å². The summed E-state index contributed by atoms with van der Waals surface area (Å²) in [4.78, 5) is 2.36. The number of hydrogen-bond acceptors (Lipinski definition) is 4. The lowest BCUT2D eigenvalue weighted by Gasteiger charge is -2.35. The lowest BCUT2D eigenvalue weighted by Crippen LogP contribution is -2.49. The van der Waals surface area contributed by atoms with Gasteiger partial charge >= 0.3 is 0 Å². The summed E-state index contributed by atoms with van der Waals surface area (Å²) in [6.07, 6.45) is 0.666. The van der Waals surface area contributed by atoms with Crippen molar-refractivity contribution in [3.63, 3.8) is 0 Å². The zero-order chi connectivity index (χ0) is 15.2. The van der Waals surface area contributed by atoms with Gasteiger partial charge in [0.05, 0.1) is 0 Å². The van der Waals surface area contributed by atoms with Gasteiger partial charge in [0.1, 0.15) is 18.5 Å². The number of rotatable bonds is 6. The number of hydrogen-bond donors (Lipinski definition) is 2. The highest BCUT2D eigenvalue weighted by Gasteiger charge is 2.24. The molecule has 1 heterocycles. The fourth-order valence-corrected chi connectivity index (χ4v) is 2.91. The molecule has 0 aromatic heterocycles. The molecule has 0 aliphatic carbocycles. The molecule has 21 heavy (non-hydrogen) atoms. The van der Waals surface area contributed by atoms with E-state index in [1.807, 2.05) is 31.2 Å². The van der Waals surface area contributed by atoms with Crippen molar-refractivity contribution in [1.29, 1.82) is 0 Å². The molecular weight excluding hydrogens is 264 g/mol. The van der Waals surface area contributed by atoms with E-state index in [1.54, 1.807) is 0 Å². The first-order valence-corrected chi connectivity index (χ1v) is 7.84. The molecule has 3 unspecified atom stereocenters. The number of nitrogens with one attached hydrogen (secondary N) is 1. The number of aliphatic hydroxyl groups excluding tert-OH is 1. The topological polar surface area (TPSA) is 44.7 Å². The molecule has 1 saturated heterocycles. The Morgan fingerprint density at radius 2 is 2.19 bits per heavy atom. The normalized spacial score (nSPS) is 24.8. The largest absolute Gasteiger partial charge is 0.491 e. The number of piperidine rings is 1. The highest BCUT2D eigenvalue weighted by molar-refractivity contribution is 5.31. The van der Waals surface area contributed by atoms with Gasteiger partial charge in [-0.2, -0.15) is 0 Å². The van der Waals surface area contributed by atoms with Gasteiger partial charge in [0.25, 0.3) is 0 Å². The Balaban J connectivity index is 1.70. The molecule has 0 amide bonds. The van der Waals surface area contributed by atoms with Crippen LogP contribution < -0.4 is 10.1 Å². The predicted molar refractivity (Wildman–Crippen MR) is 85.7 cm³/mol. The molecule has 2 rings (SSSR count). The summed E-state index contributed by atoms with van der Waals surface area (Å²) in [6.45, 7) is 7.44. The minimum Gasteiger partial charge on any atom is -0.491 e. The third-order valence-corrected chi connectivity index (χ3v) is 4.25. The Morgan fingerprint density at radius 3 is 2.90 bits per heavy atom. The zero-order valence-corrected chi connectivity index (χ0v) is 13.4. The van der Waals surface area contributed by atoms with Gasteiger partial charge in [-0.15, -0.1) is 0 Å². The lowest BCUT2D eigenvalue weighted by atomic mass is 9.94.